The molecule has 0 amide bonds. The van der Waals surface area contributed by atoms with Crippen molar-refractivity contribution in [3.05, 3.63) is 27.9 Å². The van der Waals surface area contributed by atoms with Crippen LogP contribution in [0.5, 0.6) is 0 Å². The summed E-state index contributed by atoms with van der Waals surface area (Å²) in [6.07, 6.45) is 1.73. The molecule has 0 aliphatic heterocycles. The number of hydrogen-bond donors (Lipinski definition) is 2. The summed E-state index contributed by atoms with van der Waals surface area (Å²) in [7, 11) is 0. The summed E-state index contributed by atoms with van der Waals surface area (Å²) in [6.45, 7) is 3.87. The first-order chi connectivity index (χ1) is 9.08. The first-order valence-corrected chi connectivity index (χ1v) is 6.75. The van der Waals surface area contributed by atoms with E-state index in [2.05, 4.69) is 20.5 Å². The van der Waals surface area contributed by atoms with E-state index in [0.29, 0.717) is 16.8 Å². The van der Waals surface area contributed by atoms with E-state index in [-0.39, 0.29) is 0 Å². The Morgan fingerprint density at radius 2 is 2.16 bits per heavy atom. The number of rotatable bonds is 2. The zero-order valence-corrected chi connectivity index (χ0v) is 11.9. The molecule has 0 radical (unpaired) electrons. The number of aromatic nitrogens is 4. The molecule has 0 saturated carbocycles. The zero-order valence-electron chi connectivity index (χ0n) is 10.3. The van der Waals surface area contributed by atoms with Crippen molar-refractivity contribution in [1.29, 1.82) is 0 Å². The van der Waals surface area contributed by atoms with Crippen LogP contribution >= 0.6 is 22.9 Å². The predicted molar refractivity (Wildman–Crippen MR) is 76.8 cm³/mol. The minimum absolute atomic E-state index is 0.355. The number of anilines is 1. The van der Waals surface area contributed by atoms with Gasteiger partial charge in [0.1, 0.15) is 4.83 Å². The molecule has 6 nitrogen and oxygen atoms in total. The second-order valence-electron chi connectivity index (χ2n) is 4.10. The minimum atomic E-state index is 0.355. The Morgan fingerprint density at radius 1 is 1.37 bits per heavy atom. The summed E-state index contributed by atoms with van der Waals surface area (Å²) in [5.41, 5.74) is 3.22. The van der Waals surface area contributed by atoms with Gasteiger partial charge in [-0.2, -0.15) is 10.1 Å². The summed E-state index contributed by atoms with van der Waals surface area (Å²) in [4.78, 5) is 10.7. The van der Waals surface area contributed by atoms with Crippen molar-refractivity contribution in [3.63, 3.8) is 0 Å². The van der Waals surface area contributed by atoms with E-state index in [1.807, 2.05) is 19.9 Å². The monoisotopic (exact) mass is 294 g/mol. The first-order valence-electron chi connectivity index (χ1n) is 5.55. The summed E-state index contributed by atoms with van der Waals surface area (Å²) in [6, 6.07) is 2.03. The largest absolute Gasteiger partial charge is 0.292 e. The van der Waals surface area contributed by atoms with Gasteiger partial charge in [0.05, 0.1) is 22.3 Å². The van der Waals surface area contributed by atoms with Crippen LogP contribution in [0, 0.1) is 13.8 Å². The molecule has 8 heteroatoms. The van der Waals surface area contributed by atoms with E-state index in [1.54, 1.807) is 22.2 Å². The average molecular weight is 295 g/mol. The molecule has 3 rings (SSSR count). The fourth-order valence-electron chi connectivity index (χ4n) is 1.81. The van der Waals surface area contributed by atoms with Crippen molar-refractivity contribution in [2.75, 3.05) is 5.43 Å². The Morgan fingerprint density at radius 3 is 2.79 bits per heavy atom. The Hall–Kier alpha value is -1.70. The van der Waals surface area contributed by atoms with Crippen LogP contribution in [0.1, 0.15) is 10.6 Å². The number of aryl methyl sites for hydroxylation is 2. The number of fused-ring (bicyclic) bond motifs is 1. The van der Waals surface area contributed by atoms with E-state index in [1.165, 1.54) is 0 Å². The van der Waals surface area contributed by atoms with Gasteiger partial charge in [-0.25, -0.2) is 15.5 Å². The van der Waals surface area contributed by atoms with E-state index < -0.39 is 0 Å². The molecule has 0 spiro atoms. The highest BCUT2D eigenvalue weighted by Gasteiger charge is 2.14. The molecule has 3 aromatic rings. The third-order valence-electron chi connectivity index (χ3n) is 2.68. The van der Waals surface area contributed by atoms with Crippen LogP contribution in [0.2, 0.25) is 5.02 Å². The highest BCUT2D eigenvalue weighted by molar-refractivity contribution is 7.18. The van der Waals surface area contributed by atoms with Crippen molar-refractivity contribution < 1.29 is 0 Å². The van der Waals surface area contributed by atoms with Crippen molar-refractivity contribution in [2.45, 2.75) is 13.8 Å². The summed E-state index contributed by atoms with van der Waals surface area (Å²) >= 11 is 7.63. The van der Waals surface area contributed by atoms with Crippen LogP contribution in [0.4, 0.5) is 5.95 Å². The molecular weight excluding hydrogens is 284 g/mol. The maximum Gasteiger partial charge on any atom is 0.240 e. The molecule has 3 aromatic heterocycles. The lowest BCUT2D eigenvalue weighted by molar-refractivity contribution is 0.837. The number of nitrogens with zero attached hydrogens (tertiary/aromatic N) is 4. The lowest BCUT2D eigenvalue weighted by Gasteiger charge is -2.04. The fraction of sp³-hybridized carbons (Fsp3) is 0.182. The molecule has 19 heavy (non-hydrogen) atoms. The molecule has 3 heterocycles. The van der Waals surface area contributed by atoms with Gasteiger partial charge in [0.25, 0.3) is 0 Å². The van der Waals surface area contributed by atoms with Crippen LogP contribution in [0.3, 0.4) is 0 Å². The molecule has 0 aliphatic rings. The summed E-state index contributed by atoms with van der Waals surface area (Å²) in [5.74, 6) is 6.42. The normalized spacial score (nSPS) is 11.2. The molecule has 0 fully saturated rings. The summed E-state index contributed by atoms with van der Waals surface area (Å²) in [5, 5.41) is 5.88. The number of halogens is 1. The SMILES string of the molecule is Cc1cc2c(-n3cc(Cl)c(C)n3)nc(NN)nc2s1. The lowest BCUT2D eigenvalue weighted by Crippen LogP contribution is -2.12. The van der Waals surface area contributed by atoms with Gasteiger partial charge in [-0.1, -0.05) is 11.6 Å². The molecule has 3 N–H and O–H groups in total. The van der Waals surface area contributed by atoms with Crippen LogP contribution in [-0.4, -0.2) is 19.7 Å². The van der Waals surface area contributed by atoms with Gasteiger partial charge in [0.2, 0.25) is 5.95 Å². The van der Waals surface area contributed by atoms with E-state index in [4.69, 9.17) is 17.4 Å². The van der Waals surface area contributed by atoms with Crippen LogP contribution in [0.25, 0.3) is 16.0 Å². The van der Waals surface area contributed by atoms with E-state index in [9.17, 15) is 0 Å². The number of nitrogens with one attached hydrogen (secondary N) is 1. The van der Waals surface area contributed by atoms with Crippen molar-refractivity contribution >= 4 is 39.1 Å². The average Bonchev–Trinajstić information content (AvgIpc) is 2.90. The number of hydrazine groups is 1. The zero-order chi connectivity index (χ0) is 13.6. The van der Waals surface area contributed by atoms with Crippen molar-refractivity contribution in [1.82, 2.24) is 19.7 Å². The maximum atomic E-state index is 6.04. The number of nitrogen functional groups attached to an aromatic ring is 1. The second kappa shape index (κ2) is 4.44. The van der Waals surface area contributed by atoms with Gasteiger partial charge in [0.15, 0.2) is 5.82 Å². The highest BCUT2D eigenvalue weighted by Crippen LogP contribution is 2.29. The van der Waals surface area contributed by atoms with E-state index >= 15 is 0 Å². The van der Waals surface area contributed by atoms with Gasteiger partial charge in [-0.15, -0.1) is 11.3 Å². The van der Waals surface area contributed by atoms with Gasteiger partial charge >= 0.3 is 0 Å². The second-order valence-corrected chi connectivity index (χ2v) is 5.74. The molecule has 0 aromatic carbocycles. The topological polar surface area (TPSA) is 81.7 Å². The molecule has 0 saturated heterocycles. The van der Waals surface area contributed by atoms with Gasteiger partial charge < -0.3 is 0 Å². The Kier molecular flexibility index (Phi) is 2.89. The van der Waals surface area contributed by atoms with Crippen molar-refractivity contribution in [2.24, 2.45) is 5.84 Å². The number of hydrogen-bond acceptors (Lipinski definition) is 6. The smallest absolute Gasteiger partial charge is 0.240 e. The third kappa shape index (κ3) is 2.05. The van der Waals surface area contributed by atoms with Crippen LogP contribution in [-0.2, 0) is 0 Å². The predicted octanol–water partition coefficient (Wildman–Crippen LogP) is 2.43. The molecular formula is C11H11ClN6S. The molecule has 0 atom stereocenters. The van der Waals surface area contributed by atoms with E-state index in [0.717, 1.165) is 20.8 Å². The molecule has 0 bridgehead atoms. The minimum Gasteiger partial charge on any atom is -0.292 e. The quantitative estimate of drug-likeness (QED) is 0.560. The first kappa shape index (κ1) is 12.3. The third-order valence-corrected chi connectivity index (χ3v) is 4.00. The molecule has 98 valence electrons. The Labute approximate surface area is 118 Å². The Bertz CT molecular complexity index is 742. The fourth-order valence-corrected chi connectivity index (χ4v) is 2.82. The standard InChI is InChI=1S/C11H11ClN6S/c1-5-3-7-9(18-4-8(12)6(2)17-18)14-11(16-13)15-10(7)19-5/h3-4H,13H2,1-2H3,(H,14,15,16). The highest BCUT2D eigenvalue weighted by atomic mass is 35.5. The molecule has 0 aliphatic carbocycles. The summed E-state index contributed by atoms with van der Waals surface area (Å²) < 4.78 is 1.65. The van der Waals surface area contributed by atoms with Gasteiger partial charge in [-0.05, 0) is 19.9 Å². The van der Waals surface area contributed by atoms with Crippen molar-refractivity contribution in [3.8, 4) is 5.82 Å². The van der Waals surface area contributed by atoms with Crippen LogP contribution < -0.4 is 11.3 Å². The number of thiophene rings is 1. The van der Waals surface area contributed by atoms with Gasteiger partial charge in [0, 0.05) is 4.88 Å². The Balaban J connectivity index is 2.31. The maximum absolute atomic E-state index is 6.04. The lowest BCUT2D eigenvalue weighted by atomic mass is 10.3. The molecule has 0 unspecified atom stereocenters. The van der Waals surface area contributed by atoms with Crippen LogP contribution in [0.15, 0.2) is 12.3 Å². The number of nitrogens with two attached hydrogens (primary N) is 1. The van der Waals surface area contributed by atoms with Gasteiger partial charge in [-0.3, -0.25) is 5.43 Å².